The Balaban J connectivity index is 2.34. The standard InChI is InChI=1S/C12H15BrN2O3/c1-8-5-12(10(13)6-11(8)15(17)18)14-4-2-3-9(16)7-14/h5-6,9,16H,2-4,7H2,1H3/t9-/m0/s1. The minimum absolute atomic E-state index is 0.114. The lowest BCUT2D eigenvalue weighted by Gasteiger charge is -2.32. The van der Waals surface area contributed by atoms with E-state index in [-0.39, 0.29) is 16.7 Å². The second kappa shape index (κ2) is 5.24. The second-order valence-electron chi connectivity index (χ2n) is 4.59. The van der Waals surface area contributed by atoms with Gasteiger partial charge >= 0.3 is 0 Å². The molecule has 6 heteroatoms. The largest absolute Gasteiger partial charge is 0.391 e. The van der Waals surface area contributed by atoms with Gasteiger partial charge in [0, 0.05) is 29.2 Å². The maximum absolute atomic E-state index is 10.8. The topological polar surface area (TPSA) is 66.6 Å². The Kier molecular flexibility index (Phi) is 3.87. The summed E-state index contributed by atoms with van der Waals surface area (Å²) in [5, 5.41) is 20.5. The Labute approximate surface area is 114 Å². The molecule has 1 heterocycles. The Morgan fingerprint density at radius 2 is 2.28 bits per heavy atom. The first-order valence-electron chi connectivity index (χ1n) is 5.86. The van der Waals surface area contributed by atoms with Gasteiger partial charge in [-0.05, 0) is 41.8 Å². The molecule has 0 aromatic heterocycles. The number of aryl methyl sites for hydroxylation is 1. The van der Waals surface area contributed by atoms with Crippen molar-refractivity contribution in [1.29, 1.82) is 0 Å². The van der Waals surface area contributed by atoms with Crippen LogP contribution in [0.15, 0.2) is 16.6 Å². The number of nitrogens with zero attached hydrogens (tertiary/aromatic N) is 2. The monoisotopic (exact) mass is 314 g/mol. The first-order valence-corrected chi connectivity index (χ1v) is 6.66. The molecule has 1 aliphatic heterocycles. The normalized spacial score (nSPS) is 19.9. The highest BCUT2D eigenvalue weighted by Gasteiger charge is 2.22. The maximum atomic E-state index is 10.8. The van der Waals surface area contributed by atoms with Gasteiger partial charge in [-0.3, -0.25) is 10.1 Å². The fourth-order valence-corrected chi connectivity index (χ4v) is 2.85. The van der Waals surface area contributed by atoms with Crippen molar-refractivity contribution in [3.05, 3.63) is 32.3 Å². The number of aliphatic hydroxyl groups excluding tert-OH is 1. The van der Waals surface area contributed by atoms with Crippen molar-refractivity contribution in [2.24, 2.45) is 0 Å². The van der Waals surface area contributed by atoms with Gasteiger partial charge in [-0.1, -0.05) is 0 Å². The van der Waals surface area contributed by atoms with Crippen LogP contribution in [0.2, 0.25) is 0 Å². The van der Waals surface area contributed by atoms with Crippen LogP contribution in [0.1, 0.15) is 18.4 Å². The molecule has 2 rings (SSSR count). The Hall–Kier alpha value is -1.14. The number of aliphatic hydroxyl groups is 1. The highest BCUT2D eigenvalue weighted by molar-refractivity contribution is 9.10. The summed E-state index contributed by atoms with van der Waals surface area (Å²) in [7, 11) is 0. The van der Waals surface area contributed by atoms with E-state index in [1.165, 1.54) is 6.07 Å². The number of halogens is 1. The molecule has 0 amide bonds. The molecule has 5 nitrogen and oxygen atoms in total. The number of β-amino-alcohol motifs (C(OH)–C–C–N with tert-alkyl or cyclic N) is 1. The van der Waals surface area contributed by atoms with Crippen molar-refractivity contribution in [1.82, 2.24) is 0 Å². The number of benzene rings is 1. The van der Waals surface area contributed by atoms with Crippen LogP contribution in [0, 0.1) is 17.0 Å². The number of hydrogen-bond acceptors (Lipinski definition) is 4. The van der Waals surface area contributed by atoms with Crippen LogP contribution < -0.4 is 4.90 Å². The summed E-state index contributed by atoms with van der Waals surface area (Å²) in [6, 6.07) is 3.34. The van der Waals surface area contributed by atoms with Gasteiger partial charge in [0.05, 0.1) is 16.7 Å². The Bertz CT molecular complexity index is 479. The molecule has 18 heavy (non-hydrogen) atoms. The molecule has 0 radical (unpaired) electrons. The number of hydrogen-bond donors (Lipinski definition) is 1. The molecule has 0 bridgehead atoms. The Morgan fingerprint density at radius 3 is 2.89 bits per heavy atom. The summed E-state index contributed by atoms with van der Waals surface area (Å²) in [6.45, 7) is 3.18. The lowest BCUT2D eigenvalue weighted by Crippen LogP contribution is -2.38. The van der Waals surface area contributed by atoms with E-state index in [0.29, 0.717) is 16.6 Å². The van der Waals surface area contributed by atoms with Crippen LogP contribution >= 0.6 is 15.9 Å². The van der Waals surface area contributed by atoms with Gasteiger partial charge < -0.3 is 10.0 Å². The zero-order valence-electron chi connectivity index (χ0n) is 10.1. The van der Waals surface area contributed by atoms with E-state index in [4.69, 9.17) is 0 Å². The van der Waals surface area contributed by atoms with Gasteiger partial charge in [0.15, 0.2) is 0 Å². The van der Waals surface area contributed by atoms with Crippen LogP contribution in [0.25, 0.3) is 0 Å². The van der Waals surface area contributed by atoms with E-state index in [9.17, 15) is 15.2 Å². The van der Waals surface area contributed by atoms with E-state index < -0.39 is 0 Å². The van der Waals surface area contributed by atoms with Crippen LogP contribution in [0.3, 0.4) is 0 Å². The number of rotatable bonds is 2. The third-order valence-electron chi connectivity index (χ3n) is 3.20. The van der Waals surface area contributed by atoms with Gasteiger partial charge in [-0.25, -0.2) is 0 Å². The van der Waals surface area contributed by atoms with Gasteiger partial charge in [-0.15, -0.1) is 0 Å². The minimum atomic E-state index is -0.380. The van der Waals surface area contributed by atoms with Gasteiger partial charge in [0.2, 0.25) is 0 Å². The first kappa shape index (κ1) is 13.3. The highest BCUT2D eigenvalue weighted by atomic mass is 79.9. The van der Waals surface area contributed by atoms with E-state index in [1.807, 2.05) is 0 Å². The van der Waals surface area contributed by atoms with Crippen LogP contribution in [0.4, 0.5) is 11.4 Å². The van der Waals surface area contributed by atoms with Crippen molar-refractivity contribution >= 4 is 27.3 Å². The molecule has 0 aliphatic carbocycles. The zero-order valence-corrected chi connectivity index (χ0v) is 11.7. The van der Waals surface area contributed by atoms with E-state index in [1.54, 1.807) is 13.0 Å². The molecule has 0 spiro atoms. The third kappa shape index (κ3) is 2.64. The lowest BCUT2D eigenvalue weighted by molar-refractivity contribution is -0.385. The molecular weight excluding hydrogens is 300 g/mol. The van der Waals surface area contributed by atoms with Crippen molar-refractivity contribution in [3.63, 3.8) is 0 Å². The predicted molar refractivity (Wildman–Crippen MR) is 73.0 cm³/mol. The van der Waals surface area contributed by atoms with E-state index in [2.05, 4.69) is 20.8 Å². The van der Waals surface area contributed by atoms with Crippen molar-refractivity contribution in [2.45, 2.75) is 25.9 Å². The van der Waals surface area contributed by atoms with E-state index in [0.717, 1.165) is 25.1 Å². The first-order chi connectivity index (χ1) is 8.49. The summed E-state index contributed by atoms with van der Waals surface area (Å²) in [5.41, 5.74) is 1.67. The highest BCUT2D eigenvalue weighted by Crippen LogP contribution is 2.34. The summed E-state index contributed by atoms with van der Waals surface area (Å²) in [6.07, 6.45) is 1.44. The summed E-state index contributed by atoms with van der Waals surface area (Å²) >= 11 is 3.38. The molecular formula is C12H15BrN2O3. The molecule has 1 saturated heterocycles. The zero-order chi connectivity index (χ0) is 13.3. The lowest BCUT2D eigenvalue weighted by atomic mass is 10.1. The van der Waals surface area contributed by atoms with Crippen LogP contribution in [-0.4, -0.2) is 29.2 Å². The fourth-order valence-electron chi connectivity index (χ4n) is 2.27. The van der Waals surface area contributed by atoms with Crippen LogP contribution in [0.5, 0.6) is 0 Å². The molecule has 1 fully saturated rings. The van der Waals surface area contributed by atoms with Crippen molar-refractivity contribution in [3.8, 4) is 0 Å². The molecule has 0 unspecified atom stereocenters. The van der Waals surface area contributed by atoms with E-state index >= 15 is 0 Å². The van der Waals surface area contributed by atoms with Crippen molar-refractivity contribution < 1.29 is 10.0 Å². The number of piperidine rings is 1. The number of nitro benzene ring substituents is 1. The SMILES string of the molecule is Cc1cc(N2CCC[C@H](O)C2)c(Br)cc1[N+](=O)[O-]. The summed E-state index contributed by atoms with van der Waals surface area (Å²) < 4.78 is 0.703. The quantitative estimate of drug-likeness (QED) is 0.673. The number of nitro groups is 1. The van der Waals surface area contributed by atoms with Gasteiger partial charge in [-0.2, -0.15) is 0 Å². The molecule has 1 atom stereocenters. The van der Waals surface area contributed by atoms with Gasteiger partial charge in [0.25, 0.3) is 5.69 Å². The Morgan fingerprint density at radius 1 is 1.56 bits per heavy atom. The molecule has 98 valence electrons. The number of anilines is 1. The molecule has 1 aliphatic rings. The second-order valence-corrected chi connectivity index (χ2v) is 5.44. The molecule has 0 saturated carbocycles. The average Bonchev–Trinajstić information content (AvgIpc) is 2.31. The summed E-state index contributed by atoms with van der Waals surface area (Å²) in [4.78, 5) is 12.5. The smallest absolute Gasteiger partial charge is 0.273 e. The molecule has 1 aromatic carbocycles. The van der Waals surface area contributed by atoms with Gasteiger partial charge in [0.1, 0.15) is 0 Å². The third-order valence-corrected chi connectivity index (χ3v) is 3.83. The predicted octanol–water partition coefficient (Wildman–Crippen LogP) is 2.63. The van der Waals surface area contributed by atoms with Crippen LogP contribution in [-0.2, 0) is 0 Å². The fraction of sp³-hybridized carbons (Fsp3) is 0.500. The maximum Gasteiger partial charge on any atom is 0.273 e. The van der Waals surface area contributed by atoms with Crippen molar-refractivity contribution in [2.75, 3.05) is 18.0 Å². The minimum Gasteiger partial charge on any atom is -0.391 e. The average molecular weight is 315 g/mol. The molecule has 1 aromatic rings. The summed E-state index contributed by atoms with van der Waals surface area (Å²) in [5.74, 6) is 0. The molecule has 1 N–H and O–H groups in total.